The summed E-state index contributed by atoms with van der Waals surface area (Å²) in [5, 5.41) is 0. The molecule has 0 bridgehead atoms. The lowest BCUT2D eigenvalue weighted by Crippen LogP contribution is -2.46. The maximum Gasteiger partial charge on any atom is 0.307 e. The van der Waals surface area contributed by atoms with E-state index in [9.17, 15) is 13.2 Å². The summed E-state index contributed by atoms with van der Waals surface area (Å²) in [6.45, 7) is 4.96. The monoisotopic (exact) mass is 400 g/mol. The van der Waals surface area contributed by atoms with Crippen molar-refractivity contribution in [1.29, 1.82) is 0 Å². The van der Waals surface area contributed by atoms with E-state index in [1.54, 1.807) is 6.07 Å². The zero-order valence-electron chi connectivity index (χ0n) is 16.5. The van der Waals surface area contributed by atoms with E-state index in [0.717, 1.165) is 15.4 Å². The van der Waals surface area contributed by atoms with Crippen LogP contribution in [0.15, 0.2) is 12.1 Å². The van der Waals surface area contributed by atoms with Crippen molar-refractivity contribution in [1.82, 2.24) is 8.61 Å². The quantitative estimate of drug-likeness (QED) is 0.618. The fraction of sp³-hybridized carbons (Fsp3) is 0.611. The largest absolute Gasteiger partial charge is 0.490 e. The molecule has 1 heterocycles. The maximum atomic E-state index is 12.8. The van der Waals surface area contributed by atoms with Gasteiger partial charge in [-0.15, -0.1) is 0 Å². The molecule has 0 N–H and O–H groups in total. The van der Waals surface area contributed by atoms with Gasteiger partial charge in [-0.05, 0) is 43.5 Å². The van der Waals surface area contributed by atoms with Gasteiger partial charge in [-0.25, -0.2) is 0 Å². The second-order valence-electron chi connectivity index (χ2n) is 6.31. The Hall–Kier alpha value is -1.84. The lowest BCUT2D eigenvalue weighted by atomic mass is 9.91. The van der Waals surface area contributed by atoms with E-state index in [1.165, 1.54) is 25.5 Å². The standard InChI is InChI=1S/C18H28N2O6S/c1-6-25-16-10-13-8-9-20(27(22,23)19(3)4)15(12-18(21)24-5)14(13)11-17(16)26-7-2/h10-11,15H,6-9,12H2,1-5H3. The Labute approximate surface area is 161 Å². The highest BCUT2D eigenvalue weighted by atomic mass is 32.2. The first-order valence-electron chi connectivity index (χ1n) is 8.94. The summed E-state index contributed by atoms with van der Waals surface area (Å²) >= 11 is 0. The Balaban J connectivity index is 2.57. The molecule has 1 aliphatic heterocycles. The van der Waals surface area contributed by atoms with E-state index in [-0.39, 0.29) is 13.0 Å². The third kappa shape index (κ3) is 4.53. The smallest absolute Gasteiger partial charge is 0.307 e. The molecule has 0 saturated heterocycles. The maximum absolute atomic E-state index is 12.8. The van der Waals surface area contributed by atoms with E-state index in [2.05, 4.69) is 0 Å². The van der Waals surface area contributed by atoms with E-state index < -0.39 is 22.2 Å². The highest BCUT2D eigenvalue weighted by Crippen LogP contribution is 2.41. The molecule has 2 rings (SSSR count). The lowest BCUT2D eigenvalue weighted by molar-refractivity contribution is -0.141. The SMILES string of the molecule is CCOc1cc2c(cc1OCC)C(CC(=O)OC)N(S(=O)(=O)N(C)C)CC2. The normalized spacial score (nSPS) is 17.5. The van der Waals surface area contributed by atoms with Gasteiger partial charge in [0, 0.05) is 20.6 Å². The zero-order valence-corrected chi connectivity index (χ0v) is 17.3. The predicted molar refractivity (Wildman–Crippen MR) is 101 cm³/mol. The third-order valence-electron chi connectivity index (χ3n) is 4.46. The van der Waals surface area contributed by atoms with Crippen LogP contribution < -0.4 is 9.47 Å². The highest BCUT2D eigenvalue weighted by Gasteiger charge is 2.38. The molecule has 1 aliphatic rings. The van der Waals surface area contributed by atoms with Crippen LogP contribution in [-0.2, 0) is 26.2 Å². The van der Waals surface area contributed by atoms with Crippen LogP contribution in [0.1, 0.15) is 37.4 Å². The van der Waals surface area contributed by atoms with Crippen LogP contribution in [0.2, 0.25) is 0 Å². The number of carbonyl (C=O) groups excluding carboxylic acids is 1. The number of rotatable bonds is 8. The Morgan fingerprint density at radius 2 is 1.78 bits per heavy atom. The van der Waals surface area contributed by atoms with Gasteiger partial charge >= 0.3 is 5.97 Å². The Kier molecular flexibility index (Phi) is 7.07. The first kappa shape index (κ1) is 21.5. The number of hydrogen-bond donors (Lipinski definition) is 0. The molecule has 0 amide bonds. The molecule has 152 valence electrons. The van der Waals surface area contributed by atoms with Gasteiger partial charge in [-0.3, -0.25) is 4.79 Å². The summed E-state index contributed by atoms with van der Waals surface area (Å²) in [5.41, 5.74) is 1.69. The first-order valence-corrected chi connectivity index (χ1v) is 10.3. The van der Waals surface area contributed by atoms with Crippen molar-refractivity contribution in [2.24, 2.45) is 0 Å². The van der Waals surface area contributed by atoms with Crippen molar-refractivity contribution >= 4 is 16.2 Å². The van der Waals surface area contributed by atoms with Crippen LogP contribution in [-0.4, -0.2) is 64.0 Å². The van der Waals surface area contributed by atoms with Crippen LogP contribution in [0.5, 0.6) is 11.5 Å². The van der Waals surface area contributed by atoms with Gasteiger partial charge < -0.3 is 14.2 Å². The molecule has 1 unspecified atom stereocenters. The van der Waals surface area contributed by atoms with Crippen molar-refractivity contribution in [2.75, 3.05) is 41.0 Å². The van der Waals surface area contributed by atoms with Gasteiger partial charge in [-0.2, -0.15) is 17.0 Å². The zero-order chi connectivity index (χ0) is 20.2. The number of fused-ring (bicyclic) bond motifs is 1. The molecule has 0 aliphatic carbocycles. The summed E-state index contributed by atoms with van der Waals surface area (Å²) in [6.07, 6.45) is 0.447. The second kappa shape index (κ2) is 8.90. The number of hydrogen-bond acceptors (Lipinski definition) is 6. The van der Waals surface area contributed by atoms with Crippen molar-refractivity contribution < 1.29 is 27.4 Å². The number of esters is 1. The Morgan fingerprint density at radius 1 is 1.19 bits per heavy atom. The summed E-state index contributed by atoms with van der Waals surface area (Å²) in [6, 6.07) is 3.01. The summed E-state index contributed by atoms with van der Waals surface area (Å²) < 4.78 is 44.3. The van der Waals surface area contributed by atoms with E-state index in [1.807, 2.05) is 19.9 Å². The molecule has 0 radical (unpaired) electrons. The first-order chi connectivity index (χ1) is 12.8. The molecule has 0 spiro atoms. The van der Waals surface area contributed by atoms with Gasteiger partial charge in [0.1, 0.15) is 0 Å². The average molecular weight is 400 g/mol. The minimum absolute atomic E-state index is 0.0733. The van der Waals surface area contributed by atoms with Crippen molar-refractivity contribution in [3.63, 3.8) is 0 Å². The molecule has 1 aromatic rings. The molecular formula is C18H28N2O6S. The third-order valence-corrected chi connectivity index (χ3v) is 6.41. The van der Waals surface area contributed by atoms with Crippen LogP contribution in [0.4, 0.5) is 0 Å². The fourth-order valence-electron chi connectivity index (χ4n) is 3.16. The van der Waals surface area contributed by atoms with Crippen LogP contribution in [0.25, 0.3) is 0 Å². The number of methoxy groups -OCH3 is 1. The molecule has 0 fully saturated rings. The topological polar surface area (TPSA) is 85.4 Å². The molecule has 1 aromatic carbocycles. The van der Waals surface area contributed by atoms with Gasteiger partial charge in [0.15, 0.2) is 11.5 Å². The molecular weight excluding hydrogens is 372 g/mol. The van der Waals surface area contributed by atoms with Crippen molar-refractivity contribution in [3.8, 4) is 11.5 Å². The predicted octanol–water partition coefficient (Wildman–Crippen LogP) is 1.75. The minimum Gasteiger partial charge on any atom is -0.490 e. The highest BCUT2D eigenvalue weighted by molar-refractivity contribution is 7.86. The minimum atomic E-state index is -3.70. The lowest BCUT2D eigenvalue weighted by Gasteiger charge is -2.37. The number of ether oxygens (including phenoxy) is 3. The van der Waals surface area contributed by atoms with Gasteiger partial charge in [0.05, 0.1) is 32.8 Å². The van der Waals surface area contributed by atoms with E-state index in [0.29, 0.717) is 31.1 Å². The van der Waals surface area contributed by atoms with Crippen LogP contribution in [0, 0.1) is 0 Å². The molecule has 27 heavy (non-hydrogen) atoms. The number of nitrogens with zero attached hydrogens (tertiary/aromatic N) is 2. The van der Waals surface area contributed by atoms with Crippen molar-refractivity contribution in [3.05, 3.63) is 23.3 Å². The van der Waals surface area contributed by atoms with Crippen molar-refractivity contribution in [2.45, 2.75) is 32.7 Å². The summed E-state index contributed by atoms with van der Waals surface area (Å²) in [4.78, 5) is 12.0. The van der Waals surface area contributed by atoms with Crippen LogP contribution in [0.3, 0.4) is 0 Å². The molecule has 0 aromatic heterocycles. The Bertz CT molecular complexity index is 778. The van der Waals surface area contributed by atoms with E-state index >= 15 is 0 Å². The van der Waals surface area contributed by atoms with Crippen LogP contribution >= 0.6 is 0 Å². The van der Waals surface area contributed by atoms with E-state index in [4.69, 9.17) is 14.2 Å². The Morgan fingerprint density at radius 3 is 2.30 bits per heavy atom. The summed E-state index contributed by atoms with van der Waals surface area (Å²) in [7, 11) is 0.540. The average Bonchev–Trinajstić information content (AvgIpc) is 2.62. The molecule has 0 saturated carbocycles. The fourth-order valence-corrected chi connectivity index (χ4v) is 4.41. The van der Waals surface area contributed by atoms with Gasteiger partial charge in [-0.1, -0.05) is 0 Å². The summed E-state index contributed by atoms with van der Waals surface area (Å²) in [5.74, 6) is 0.689. The molecule has 8 nitrogen and oxygen atoms in total. The second-order valence-corrected chi connectivity index (χ2v) is 8.41. The number of carbonyl (C=O) groups is 1. The van der Waals surface area contributed by atoms with Gasteiger partial charge in [0.25, 0.3) is 10.2 Å². The molecule has 9 heteroatoms. The van der Waals surface area contributed by atoms with Gasteiger partial charge in [0.2, 0.25) is 0 Å². The number of benzene rings is 1. The molecule has 1 atom stereocenters.